The number of nitrogens with zero attached hydrogens (tertiary/aromatic N) is 2. The van der Waals surface area contributed by atoms with Crippen LogP contribution in [-0.4, -0.2) is 35.3 Å². The van der Waals surface area contributed by atoms with Crippen LogP contribution in [0.4, 0.5) is 11.5 Å². The van der Waals surface area contributed by atoms with Crippen LogP contribution in [0.2, 0.25) is 5.15 Å². The summed E-state index contributed by atoms with van der Waals surface area (Å²) in [7, 11) is 0. The van der Waals surface area contributed by atoms with Gasteiger partial charge in [0, 0.05) is 13.1 Å². The Balaban J connectivity index is 2.07. The van der Waals surface area contributed by atoms with E-state index < -0.39 is 0 Å². The number of aliphatic hydroxyl groups is 1. The predicted octanol–water partition coefficient (Wildman–Crippen LogP) is 0.710. The fraction of sp³-hybridized carbons (Fsp3) is 0.444. The molecule has 0 radical (unpaired) electrons. The van der Waals surface area contributed by atoms with Crippen LogP contribution in [0, 0.1) is 0 Å². The highest BCUT2D eigenvalue weighted by molar-refractivity contribution is 6.29. The van der Waals surface area contributed by atoms with E-state index in [0.29, 0.717) is 11.7 Å². The first kappa shape index (κ1) is 8.32. The Bertz CT molecular complexity index is 382. The van der Waals surface area contributed by atoms with Gasteiger partial charge in [-0.25, -0.2) is 4.98 Å². The maximum atomic E-state index is 9.68. The van der Waals surface area contributed by atoms with Gasteiger partial charge in [-0.15, -0.1) is 0 Å². The molecule has 3 rings (SSSR count). The molecule has 0 aromatic carbocycles. The summed E-state index contributed by atoms with van der Waals surface area (Å²) in [6.07, 6.45) is -0.317. The second-order valence-electron chi connectivity index (χ2n) is 3.72. The molecule has 0 saturated carbocycles. The van der Waals surface area contributed by atoms with E-state index in [1.54, 1.807) is 6.07 Å². The van der Waals surface area contributed by atoms with E-state index in [-0.39, 0.29) is 12.1 Å². The van der Waals surface area contributed by atoms with E-state index in [1.165, 1.54) is 0 Å². The SMILES string of the molecule is O[C@@H]1CN2C[C@H]1Nc1nc(Cl)ccc12. The summed E-state index contributed by atoms with van der Waals surface area (Å²) >= 11 is 5.80. The third-order valence-electron chi connectivity index (χ3n) is 2.79. The van der Waals surface area contributed by atoms with Gasteiger partial charge in [-0.2, -0.15) is 0 Å². The fourth-order valence-corrected chi connectivity index (χ4v) is 2.24. The first-order valence-corrected chi connectivity index (χ1v) is 4.98. The molecule has 0 aliphatic carbocycles. The molecular weight excluding hydrogens is 202 g/mol. The van der Waals surface area contributed by atoms with Crippen LogP contribution < -0.4 is 10.2 Å². The van der Waals surface area contributed by atoms with Gasteiger partial charge in [0.05, 0.1) is 17.8 Å². The first-order chi connectivity index (χ1) is 6.74. The number of pyridine rings is 1. The number of aromatic nitrogens is 1. The number of nitrogens with one attached hydrogen (secondary N) is 1. The Morgan fingerprint density at radius 3 is 3.21 bits per heavy atom. The molecule has 4 nitrogen and oxygen atoms in total. The summed E-state index contributed by atoms with van der Waals surface area (Å²) < 4.78 is 0. The Morgan fingerprint density at radius 2 is 2.36 bits per heavy atom. The summed E-state index contributed by atoms with van der Waals surface area (Å²) in [4.78, 5) is 6.32. The lowest BCUT2D eigenvalue weighted by Crippen LogP contribution is -2.35. The lowest BCUT2D eigenvalue weighted by Gasteiger charge is -2.27. The zero-order valence-electron chi connectivity index (χ0n) is 7.44. The van der Waals surface area contributed by atoms with Crippen molar-refractivity contribution in [3.63, 3.8) is 0 Å². The Labute approximate surface area is 86.5 Å². The molecule has 3 heterocycles. The summed E-state index contributed by atoms with van der Waals surface area (Å²) in [5, 5.41) is 13.3. The van der Waals surface area contributed by atoms with Gasteiger partial charge in [-0.05, 0) is 12.1 Å². The average molecular weight is 212 g/mol. The molecule has 0 spiro atoms. The molecule has 2 aliphatic rings. The van der Waals surface area contributed by atoms with E-state index in [0.717, 1.165) is 18.1 Å². The van der Waals surface area contributed by atoms with E-state index >= 15 is 0 Å². The van der Waals surface area contributed by atoms with Gasteiger partial charge in [0.2, 0.25) is 0 Å². The van der Waals surface area contributed by atoms with Crippen molar-refractivity contribution in [3.8, 4) is 0 Å². The highest BCUT2D eigenvalue weighted by Crippen LogP contribution is 2.34. The summed E-state index contributed by atoms with van der Waals surface area (Å²) in [6.45, 7) is 1.52. The average Bonchev–Trinajstić information content (AvgIpc) is 2.43. The van der Waals surface area contributed by atoms with E-state index in [4.69, 9.17) is 11.6 Å². The number of hydrogen-bond donors (Lipinski definition) is 2. The van der Waals surface area contributed by atoms with Crippen molar-refractivity contribution in [2.75, 3.05) is 23.3 Å². The Hall–Kier alpha value is -1.00. The minimum atomic E-state index is -0.317. The van der Waals surface area contributed by atoms with Gasteiger partial charge in [0.25, 0.3) is 0 Å². The number of aliphatic hydroxyl groups excluding tert-OH is 1. The lowest BCUT2D eigenvalue weighted by molar-refractivity contribution is 0.187. The first-order valence-electron chi connectivity index (χ1n) is 4.60. The van der Waals surface area contributed by atoms with Crippen LogP contribution in [0.1, 0.15) is 0 Å². The molecule has 5 heteroatoms. The van der Waals surface area contributed by atoms with Crippen molar-refractivity contribution >= 4 is 23.1 Å². The van der Waals surface area contributed by atoms with Gasteiger partial charge in [0.15, 0.2) is 5.82 Å². The van der Waals surface area contributed by atoms with Crippen molar-refractivity contribution < 1.29 is 5.11 Å². The molecule has 74 valence electrons. The van der Waals surface area contributed by atoms with Crippen molar-refractivity contribution in [3.05, 3.63) is 17.3 Å². The molecule has 1 aromatic rings. The quantitative estimate of drug-likeness (QED) is 0.621. The number of halogens is 1. The van der Waals surface area contributed by atoms with E-state index in [1.807, 2.05) is 6.07 Å². The fourth-order valence-electron chi connectivity index (χ4n) is 2.09. The molecule has 2 N–H and O–H groups in total. The van der Waals surface area contributed by atoms with Gasteiger partial charge in [-0.1, -0.05) is 11.6 Å². The van der Waals surface area contributed by atoms with Crippen LogP contribution in [0.3, 0.4) is 0 Å². The van der Waals surface area contributed by atoms with Crippen LogP contribution >= 0.6 is 11.6 Å². The van der Waals surface area contributed by atoms with Crippen LogP contribution in [0.15, 0.2) is 12.1 Å². The second-order valence-corrected chi connectivity index (χ2v) is 4.11. The van der Waals surface area contributed by atoms with E-state index in [9.17, 15) is 5.11 Å². The molecule has 2 aliphatic heterocycles. The van der Waals surface area contributed by atoms with Crippen LogP contribution in [-0.2, 0) is 0 Å². The zero-order chi connectivity index (χ0) is 9.71. The largest absolute Gasteiger partial charge is 0.389 e. The highest BCUT2D eigenvalue weighted by Gasteiger charge is 2.37. The standard InChI is InChI=1S/C9H10ClN3O/c10-8-2-1-6-9(12-8)11-5-3-13(6)4-7(5)14/h1-2,5,7,14H,3-4H2,(H,11,12)/t5-,7-/m1/s1. The topological polar surface area (TPSA) is 48.4 Å². The van der Waals surface area contributed by atoms with Gasteiger partial charge in [0.1, 0.15) is 5.15 Å². The van der Waals surface area contributed by atoms with Crippen molar-refractivity contribution in [1.82, 2.24) is 4.98 Å². The smallest absolute Gasteiger partial charge is 0.151 e. The maximum Gasteiger partial charge on any atom is 0.151 e. The number of anilines is 2. The normalized spacial score (nSPS) is 28.6. The van der Waals surface area contributed by atoms with Crippen molar-refractivity contribution in [2.24, 2.45) is 0 Å². The molecule has 1 aromatic heterocycles. The summed E-state index contributed by atoms with van der Waals surface area (Å²) in [5.74, 6) is 0.783. The summed E-state index contributed by atoms with van der Waals surface area (Å²) in [6, 6.07) is 3.80. The Kier molecular flexibility index (Phi) is 1.63. The van der Waals surface area contributed by atoms with E-state index in [2.05, 4.69) is 15.2 Å². The van der Waals surface area contributed by atoms with Crippen LogP contribution in [0.5, 0.6) is 0 Å². The molecule has 1 saturated heterocycles. The Morgan fingerprint density at radius 1 is 1.50 bits per heavy atom. The minimum absolute atomic E-state index is 0.0912. The molecule has 2 atom stereocenters. The molecule has 14 heavy (non-hydrogen) atoms. The second kappa shape index (κ2) is 2.74. The highest BCUT2D eigenvalue weighted by atomic mass is 35.5. The molecule has 2 bridgehead atoms. The molecule has 0 amide bonds. The van der Waals surface area contributed by atoms with Crippen LogP contribution in [0.25, 0.3) is 0 Å². The number of rotatable bonds is 0. The molecule has 1 fully saturated rings. The number of hydrogen-bond acceptors (Lipinski definition) is 4. The van der Waals surface area contributed by atoms with Crippen molar-refractivity contribution in [1.29, 1.82) is 0 Å². The molecular formula is C9H10ClN3O. The third-order valence-corrected chi connectivity index (χ3v) is 3.00. The predicted molar refractivity (Wildman–Crippen MR) is 54.9 cm³/mol. The number of fused-ring (bicyclic) bond motifs is 4. The third kappa shape index (κ3) is 1.07. The monoisotopic (exact) mass is 211 g/mol. The van der Waals surface area contributed by atoms with Gasteiger partial charge < -0.3 is 15.3 Å². The van der Waals surface area contributed by atoms with Gasteiger partial charge >= 0.3 is 0 Å². The zero-order valence-corrected chi connectivity index (χ0v) is 8.20. The van der Waals surface area contributed by atoms with Crippen molar-refractivity contribution in [2.45, 2.75) is 12.1 Å². The lowest BCUT2D eigenvalue weighted by atomic mass is 10.2. The minimum Gasteiger partial charge on any atom is -0.389 e. The maximum absolute atomic E-state index is 9.68. The van der Waals surface area contributed by atoms with Gasteiger partial charge in [-0.3, -0.25) is 0 Å². The molecule has 0 unspecified atom stereocenters. The summed E-state index contributed by atoms with van der Waals surface area (Å²) in [5.41, 5.74) is 1.03.